The summed E-state index contributed by atoms with van der Waals surface area (Å²) in [6, 6.07) is 7.06. The van der Waals surface area contributed by atoms with Crippen molar-refractivity contribution >= 4 is 17.6 Å². The lowest BCUT2D eigenvalue weighted by Crippen LogP contribution is -2.18. The highest BCUT2D eigenvalue weighted by molar-refractivity contribution is 6.02. The number of carbonyl (C=O) groups is 2. The summed E-state index contributed by atoms with van der Waals surface area (Å²) in [6.07, 6.45) is -0.297. The number of carbonyl (C=O) groups excluding carboxylic acids is 2. The number of para-hydroxylation sites is 2. The molecule has 0 aromatic heterocycles. The van der Waals surface area contributed by atoms with E-state index in [1.54, 1.807) is 25.1 Å². The minimum absolute atomic E-state index is 0.266. The number of anilines is 1. The van der Waals surface area contributed by atoms with Gasteiger partial charge in [0, 0.05) is 0 Å². The molecule has 0 bridgehead atoms. The number of nitrogens with one attached hydrogen (secondary N) is 1. The standard InChI is InChI=1S/C13H17NO4/c1-3-17-11-8-6-5-7-10(11)14-12(15)9-13(16)18-4-2/h5-8H,3-4,9H2,1-2H3,(H,14,15). The lowest BCUT2D eigenvalue weighted by Gasteiger charge is -2.10. The lowest BCUT2D eigenvalue weighted by molar-refractivity contribution is -0.145. The Morgan fingerprint density at radius 3 is 2.56 bits per heavy atom. The second kappa shape index (κ2) is 7.32. The summed E-state index contributed by atoms with van der Waals surface area (Å²) < 4.78 is 10.1. The van der Waals surface area contributed by atoms with Crippen molar-refractivity contribution in [3.8, 4) is 5.75 Å². The Morgan fingerprint density at radius 2 is 1.89 bits per heavy atom. The Kier molecular flexibility index (Phi) is 5.70. The van der Waals surface area contributed by atoms with Crippen molar-refractivity contribution in [1.29, 1.82) is 0 Å². The molecule has 18 heavy (non-hydrogen) atoms. The summed E-state index contributed by atoms with van der Waals surface area (Å²) in [4.78, 5) is 22.7. The molecule has 1 aromatic rings. The fourth-order valence-corrected chi connectivity index (χ4v) is 1.39. The Morgan fingerprint density at radius 1 is 1.17 bits per heavy atom. The molecule has 0 saturated heterocycles. The van der Waals surface area contributed by atoms with Crippen molar-refractivity contribution in [2.24, 2.45) is 0 Å². The zero-order chi connectivity index (χ0) is 13.4. The number of ether oxygens (including phenoxy) is 2. The topological polar surface area (TPSA) is 64.6 Å². The van der Waals surface area contributed by atoms with Crippen LogP contribution < -0.4 is 10.1 Å². The average Bonchev–Trinajstić information content (AvgIpc) is 2.32. The molecule has 0 unspecified atom stereocenters. The fourth-order valence-electron chi connectivity index (χ4n) is 1.39. The summed E-state index contributed by atoms with van der Waals surface area (Å²) in [6.45, 7) is 4.32. The molecular formula is C13H17NO4. The lowest BCUT2D eigenvalue weighted by atomic mass is 10.3. The van der Waals surface area contributed by atoms with E-state index in [2.05, 4.69) is 5.32 Å². The van der Waals surface area contributed by atoms with Crippen LogP contribution in [0.3, 0.4) is 0 Å². The van der Waals surface area contributed by atoms with Crippen LogP contribution in [-0.4, -0.2) is 25.1 Å². The van der Waals surface area contributed by atoms with E-state index in [0.29, 0.717) is 18.0 Å². The van der Waals surface area contributed by atoms with E-state index in [9.17, 15) is 9.59 Å². The third-order valence-electron chi connectivity index (χ3n) is 2.07. The zero-order valence-corrected chi connectivity index (χ0v) is 10.6. The molecule has 1 N–H and O–H groups in total. The smallest absolute Gasteiger partial charge is 0.315 e. The zero-order valence-electron chi connectivity index (χ0n) is 10.6. The first-order chi connectivity index (χ1) is 8.67. The molecule has 5 nitrogen and oxygen atoms in total. The van der Waals surface area contributed by atoms with Crippen LogP contribution in [-0.2, 0) is 14.3 Å². The molecule has 0 saturated carbocycles. The highest BCUT2D eigenvalue weighted by atomic mass is 16.5. The van der Waals surface area contributed by atoms with Crippen LogP contribution >= 0.6 is 0 Å². The average molecular weight is 251 g/mol. The predicted octanol–water partition coefficient (Wildman–Crippen LogP) is 1.98. The van der Waals surface area contributed by atoms with Crippen LogP contribution in [0.15, 0.2) is 24.3 Å². The van der Waals surface area contributed by atoms with Gasteiger partial charge in [-0.25, -0.2) is 0 Å². The molecule has 0 atom stereocenters. The van der Waals surface area contributed by atoms with Gasteiger partial charge in [0.05, 0.1) is 18.9 Å². The first kappa shape index (κ1) is 14.0. The molecular weight excluding hydrogens is 234 g/mol. The van der Waals surface area contributed by atoms with Gasteiger partial charge in [-0.15, -0.1) is 0 Å². The molecule has 0 aliphatic carbocycles. The third kappa shape index (κ3) is 4.45. The molecule has 0 fully saturated rings. The van der Waals surface area contributed by atoms with Crippen molar-refractivity contribution in [2.75, 3.05) is 18.5 Å². The molecule has 1 rings (SSSR count). The number of benzene rings is 1. The van der Waals surface area contributed by atoms with E-state index >= 15 is 0 Å². The number of hydrogen-bond donors (Lipinski definition) is 1. The molecule has 98 valence electrons. The van der Waals surface area contributed by atoms with Gasteiger partial charge in [0.2, 0.25) is 5.91 Å². The minimum atomic E-state index is -0.538. The van der Waals surface area contributed by atoms with E-state index in [1.807, 2.05) is 13.0 Å². The molecule has 0 radical (unpaired) electrons. The predicted molar refractivity (Wildman–Crippen MR) is 67.5 cm³/mol. The molecule has 1 amide bonds. The first-order valence-electron chi connectivity index (χ1n) is 5.84. The Labute approximate surface area is 106 Å². The van der Waals surface area contributed by atoms with E-state index in [-0.39, 0.29) is 13.0 Å². The van der Waals surface area contributed by atoms with Crippen LogP contribution in [0.5, 0.6) is 5.75 Å². The second-order valence-electron chi connectivity index (χ2n) is 3.46. The summed E-state index contributed by atoms with van der Waals surface area (Å²) in [5.74, 6) is -0.373. The molecule has 0 spiro atoms. The number of hydrogen-bond acceptors (Lipinski definition) is 4. The maximum absolute atomic E-state index is 11.6. The Hall–Kier alpha value is -2.04. The van der Waals surface area contributed by atoms with Crippen molar-refractivity contribution in [1.82, 2.24) is 0 Å². The largest absolute Gasteiger partial charge is 0.492 e. The van der Waals surface area contributed by atoms with Crippen molar-refractivity contribution < 1.29 is 19.1 Å². The number of amides is 1. The van der Waals surface area contributed by atoms with Gasteiger partial charge in [-0.3, -0.25) is 9.59 Å². The van der Waals surface area contributed by atoms with Crippen LogP contribution in [0.1, 0.15) is 20.3 Å². The molecule has 1 aromatic carbocycles. The summed E-state index contributed by atoms with van der Waals surface area (Å²) in [5.41, 5.74) is 0.550. The Balaban J connectivity index is 2.61. The maximum Gasteiger partial charge on any atom is 0.315 e. The van der Waals surface area contributed by atoms with Crippen molar-refractivity contribution in [2.45, 2.75) is 20.3 Å². The second-order valence-corrected chi connectivity index (χ2v) is 3.46. The van der Waals surface area contributed by atoms with Gasteiger partial charge in [0.25, 0.3) is 0 Å². The fraction of sp³-hybridized carbons (Fsp3) is 0.385. The highest BCUT2D eigenvalue weighted by Gasteiger charge is 2.12. The molecule has 0 aliphatic rings. The summed E-state index contributed by atoms with van der Waals surface area (Å²) in [7, 11) is 0. The van der Waals surface area contributed by atoms with Gasteiger partial charge in [0.15, 0.2) is 0 Å². The quantitative estimate of drug-likeness (QED) is 0.620. The molecule has 0 aliphatic heterocycles. The summed E-state index contributed by atoms with van der Waals surface area (Å²) >= 11 is 0. The minimum Gasteiger partial charge on any atom is -0.492 e. The van der Waals surface area contributed by atoms with Crippen molar-refractivity contribution in [3.63, 3.8) is 0 Å². The first-order valence-corrected chi connectivity index (χ1v) is 5.84. The van der Waals surface area contributed by atoms with Gasteiger partial charge in [-0.1, -0.05) is 12.1 Å². The van der Waals surface area contributed by atoms with E-state index < -0.39 is 11.9 Å². The van der Waals surface area contributed by atoms with Crippen molar-refractivity contribution in [3.05, 3.63) is 24.3 Å². The SMILES string of the molecule is CCOC(=O)CC(=O)Nc1ccccc1OCC. The highest BCUT2D eigenvalue weighted by Crippen LogP contribution is 2.23. The molecule has 0 heterocycles. The van der Waals surface area contributed by atoms with Crippen LogP contribution in [0, 0.1) is 0 Å². The van der Waals surface area contributed by atoms with Crippen LogP contribution in [0.4, 0.5) is 5.69 Å². The van der Waals surface area contributed by atoms with E-state index in [0.717, 1.165) is 0 Å². The van der Waals surface area contributed by atoms with Gasteiger partial charge < -0.3 is 14.8 Å². The number of rotatable bonds is 6. The number of esters is 1. The van der Waals surface area contributed by atoms with E-state index in [1.165, 1.54) is 0 Å². The maximum atomic E-state index is 11.6. The van der Waals surface area contributed by atoms with E-state index in [4.69, 9.17) is 9.47 Å². The van der Waals surface area contributed by atoms with Gasteiger partial charge >= 0.3 is 5.97 Å². The Bertz CT molecular complexity index is 417. The molecule has 5 heteroatoms. The van der Waals surface area contributed by atoms with Gasteiger partial charge in [-0.05, 0) is 26.0 Å². The third-order valence-corrected chi connectivity index (χ3v) is 2.07. The van der Waals surface area contributed by atoms with Crippen LogP contribution in [0.2, 0.25) is 0 Å². The van der Waals surface area contributed by atoms with Gasteiger partial charge in [0.1, 0.15) is 12.2 Å². The monoisotopic (exact) mass is 251 g/mol. The normalized spacial score (nSPS) is 9.67. The summed E-state index contributed by atoms with van der Waals surface area (Å²) in [5, 5.41) is 2.62. The van der Waals surface area contributed by atoms with Gasteiger partial charge in [-0.2, -0.15) is 0 Å². The van der Waals surface area contributed by atoms with Crippen LogP contribution in [0.25, 0.3) is 0 Å².